The molecule has 16 nitrogen and oxygen atoms in total. The van der Waals surface area contributed by atoms with Crippen LogP contribution >= 0.6 is 11.5 Å². The summed E-state index contributed by atoms with van der Waals surface area (Å²) in [6.07, 6.45) is 4.16. The van der Waals surface area contributed by atoms with Crippen LogP contribution in [0, 0.1) is 23.7 Å². The van der Waals surface area contributed by atoms with Crippen molar-refractivity contribution in [1.29, 1.82) is 0 Å². The first kappa shape index (κ1) is 51.7. The first-order valence-electron chi connectivity index (χ1n) is 18.7. The fourth-order valence-electron chi connectivity index (χ4n) is 4.90. The summed E-state index contributed by atoms with van der Waals surface area (Å²) < 4.78 is 24.9. The molecule has 1 fully saturated rings. The third-order valence-corrected chi connectivity index (χ3v) is 8.86. The lowest BCUT2D eigenvalue weighted by Crippen LogP contribution is -2.41. The Bertz CT molecular complexity index is 1350. The first-order valence-corrected chi connectivity index (χ1v) is 19.5. The summed E-state index contributed by atoms with van der Waals surface area (Å²) in [4.78, 5) is 51.2. The van der Waals surface area contributed by atoms with Crippen molar-refractivity contribution in [2.75, 3.05) is 60.1 Å². The molecule has 1 aliphatic rings. The van der Waals surface area contributed by atoms with E-state index >= 15 is 0 Å². The molecular formula is C38H67N7O9S. The summed E-state index contributed by atoms with van der Waals surface area (Å²) in [6.45, 7) is 16.2. The second-order valence-corrected chi connectivity index (χ2v) is 14.2. The Morgan fingerprint density at radius 2 is 1.75 bits per heavy atom. The van der Waals surface area contributed by atoms with Gasteiger partial charge in [-0.3, -0.25) is 14.6 Å². The van der Waals surface area contributed by atoms with Gasteiger partial charge in [-0.1, -0.05) is 46.7 Å². The van der Waals surface area contributed by atoms with Gasteiger partial charge in [-0.15, -0.1) is 0 Å². The number of Topliss-reactive ketones (excluding diaryl/α,β-unsaturated/α-hetero) is 2. The number of hydrogen-bond donors (Lipinski definition) is 3. The van der Waals surface area contributed by atoms with E-state index in [1.165, 1.54) is 11.5 Å². The van der Waals surface area contributed by atoms with E-state index in [1.807, 2.05) is 61.7 Å². The molecule has 3 heterocycles. The van der Waals surface area contributed by atoms with Crippen LogP contribution < -0.4 is 11.5 Å². The molecule has 0 aromatic carbocycles. The van der Waals surface area contributed by atoms with Crippen LogP contribution in [-0.4, -0.2) is 121 Å². The minimum absolute atomic E-state index is 0.0665. The smallest absolute Gasteiger partial charge is 0.232 e. The number of nitrogens with zero attached hydrogens (tertiary/aromatic N) is 5. The molecular weight excluding hydrogens is 731 g/mol. The van der Waals surface area contributed by atoms with Gasteiger partial charge in [0, 0.05) is 55.7 Å². The number of anilines is 1. The van der Waals surface area contributed by atoms with Crippen molar-refractivity contribution in [3.63, 3.8) is 0 Å². The zero-order valence-corrected chi connectivity index (χ0v) is 35.5. The highest BCUT2D eigenvalue weighted by atomic mass is 32.1. The lowest BCUT2D eigenvalue weighted by molar-refractivity contribution is -0.172. The molecule has 5 N–H and O–H groups in total. The van der Waals surface area contributed by atoms with Gasteiger partial charge in [-0.05, 0) is 64.4 Å². The molecule has 314 valence electrons. The lowest BCUT2D eigenvalue weighted by Gasteiger charge is -2.34. The topological polar surface area (TPSA) is 224 Å². The van der Waals surface area contributed by atoms with E-state index in [-0.39, 0.29) is 67.8 Å². The Labute approximate surface area is 331 Å². The number of aliphatic hydroxyl groups is 1. The van der Waals surface area contributed by atoms with Crippen LogP contribution in [0.15, 0.2) is 23.5 Å². The minimum atomic E-state index is -0.626. The summed E-state index contributed by atoms with van der Waals surface area (Å²) in [5.41, 5.74) is 12.3. The maximum absolute atomic E-state index is 12.1. The summed E-state index contributed by atoms with van der Waals surface area (Å²) in [5, 5.41) is 14.1. The Balaban J connectivity index is 0.00000142. The molecule has 0 spiro atoms. The van der Waals surface area contributed by atoms with Crippen molar-refractivity contribution in [2.24, 2.45) is 34.6 Å². The van der Waals surface area contributed by atoms with Crippen molar-refractivity contribution in [3.05, 3.63) is 24.0 Å². The standard InChI is InChI=1S/C26H37N5O6S.C8H17NO2.C2H7NO.C2H6/c1-16(2)23(33)19(5)12-36-14-22(13-35-9-8-17(3)24(34)18(4)11-32)30-37-15-21-7-6-20(10-28-21)25-29-26(27)31-38-25;1-6-4-7(9(2)3)5-8(10)11-6;1-4-2-3;1-2/h6-7,10-11,16-19H,8-9,12-15H2,1-5H3,(H2,27,31);6-8,10H,4-5H2,1-3H3;2-3H2,1H3;1-2H3/b30-22-;;;/t17-,18?,19?;;;/m1.../s1. The molecule has 2 aromatic heterocycles. The number of methoxy groups -OCH3 is 1. The number of nitrogen functional groups attached to an aromatic ring is 1. The third-order valence-electron chi connectivity index (χ3n) is 8.08. The highest BCUT2D eigenvalue weighted by molar-refractivity contribution is 7.09. The van der Waals surface area contributed by atoms with Crippen molar-refractivity contribution in [3.8, 4) is 10.6 Å². The van der Waals surface area contributed by atoms with E-state index < -0.39 is 12.2 Å². The Morgan fingerprint density at radius 1 is 1.09 bits per heavy atom. The van der Waals surface area contributed by atoms with Crippen LogP contribution in [0.5, 0.6) is 0 Å². The van der Waals surface area contributed by atoms with Gasteiger partial charge in [0.25, 0.3) is 0 Å². The average Bonchev–Trinajstić information content (AvgIpc) is 3.61. The monoisotopic (exact) mass is 797 g/mol. The normalized spacial score (nSPS) is 18.4. The van der Waals surface area contributed by atoms with E-state index in [9.17, 15) is 19.5 Å². The van der Waals surface area contributed by atoms with Crippen molar-refractivity contribution < 1.29 is 43.3 Å². The molecule has 1 saturated heterocycles. The summed E-state index contributed by atoms with van der Waals surface area (Å²) in [5.74, 6) is -0.983. The molecule has 6 atom stereocenters. The number of aromatic nitrogens is 3. The fourth-order valence-corrected chi connectivity index (χ4v) is 5.48. The number of rotatable bonds is 20. The molecule has 17 heteroatoms. The highest BCUT2D eigenvalue weighted by Gasteiger charge is 2.26. The molecule has 0 aliphatic carbocycles. The number of carbonyl (C=O) groups is 3. The number of carbonyl (C=O) groups excluding carboxylic acids is 3. The molecule has 3 rings (SSSR count). The first-order chi connectivity index (χ1) is 26.1. The van der Waals surface area contributed by atoms with Gasteiger partial charge in [0.15, 0.2) is 12.9 Å². The van der Waals surface area contributed by atoms with Gasteiger partial charge in [0.05, 0.1) is 44.3 Å². The van der Waals surface area contributed by atoms with Gasteiger partial charge >= 0.3 is 0 Å². The summed E-state index contributed by atoms with van der Waals surface area (Å²) >= 11 is 1.20. The van der Waals surface area contributed by atoms with Crippen LogP contribution in [-0.2, 0) is 44.8 Å². The predicted molar refractivity (Wildman–Crippen MR) is 215 cm³/mol. The van der Waals surface area contributed by atoms with E-state index in [4.69, 9.17) is 30.5 Å². The molecule has 0 saturated carbocycles. The molecule has 0 radical (unpaired) electrons. The maximum Gasteiger partial charge on any atom is 0.232 e. The number of aliphatic hydroxyl groups excluding tert-OH is 1. The van der Waals surface area contributed by atoms with Crippen LogP contribution in [0.3, 0.4) is 0 Å². The van der Waals surface area contributed by atoms with Crippen molar-refractivity contribution >= 4 is 41.0 Å². The number of nitrogens with two attached hydrogens (primary N) is 2. The van der Waals surface area contributed by atoms with Gasteiger partial charge < -0.3 is 50.1 Å². The second-order valence-electron chi connectivity index (χ2n) is 13.4. The number of pyridine rings is 1. The summed E-state index contributed by atoms with van der Waals surface area (Å²) in [7, 11) is 5.63. The van der Waals surface area contributed by atoms with Crippen molar-refractivity contribution in [2.45, 2.75) is 99.7 Å². The third kappa shape index (κ3) is 22.1. The zero-order valence-electron chi connectivity index (χ0n) is 34.7. The number of hydrogen-bond acceptors (Lipinski definition) is 17. The van der Waals surface area contributed by atoms with E-state index in [2.05, 4.69) is 29.1 Å². The molecule has 55 heavy (non-hydrogen) atoms. The zero-order chi connectivity index (χ0) is 41.9. The quantitative estimate of drug-likeness (QED) is 0.0422. The SMILES string of the molecule is CC.CC(C)C(=O)C(C)COC/C(COCC[C@@H](C)C(=O)C(C)C=O)=N\OCc1ccc(-c2nc(N)ns2)cn1.CC1CC(N(C)C)CC(O)O1.COCN. The van der Waals surface area contributed by atoms with Gasteiger partial charge in [-0.25, -0.2) is 0 Å². The van der Waals surface area contributed by atoms with Crippen molar-refractivity contribution in [1.82, 2.24) is 19.2 Å². The summed E-state index contributed by atoms with van der Waals surface area (Å²) in [6, 6.07) is 4.12. The number of oxime groups is 1. The van der Waals surface area contributed by atoms with E-state index in [1.54, 1.807) is 33.2 Å². The molecule has 0 bridgehead atoms. The highest BCUT2D eigenvalue weighted by Crippen LogP contribution is 2.22. The Hall–Kier alpha value is -3.29. The van der Waals surface area contributed by atoms with Crippen LogP contribution in [0.2, 0.25) is 0 Å². The number of aldehydes is 1. The van der Waals surface area contributed by atoms with Gasteiger partial charge in [-0.2, -0.15) is 9.36 Å². The van der Waals surface area contributed by atoms with Gasteiger partial charge in [0.1, 0.15) is 28.6 Å². The van der Waals surface area contributed by atoms with Crippen LogP contribution in [0.4, 0.5) is 5.95 Å². The fraction of sp³-hybridized carbons (Fsp3) is 0.711. The number of ketones is 2. The van der Waals surface area contributed by atoms with Crippen LogP contribution in [0.1, 0.15) is 80.3 Å². The molecule has 2 aromatic rings. The maximum atomic E-state index is 12.1. The lowest BCUT2D eigenvalue weighted by atomic mass is 9.94. The molecule has 1 aliphatic heterocycles. The Morgan fingerprint density at radius 3 is 2.25 bits per heavy atom. The minimum Gasteiger partial charge on any atom is -0.389 e. The molecule has 5 unspecified atom stereocenters. The Kier molecular flexibility index (Phi) is 28.1. The van der Waals surface area contributed by atoms with E-state index in [0.717, 1.165) is 18.4 Å². The average molecular weight is 798 g/mol. The largest absolute Gasteiger partial charge is 0.389 e. The predicted octanol–water partition coefficient (Wildman–Crippen LogP) is 4.39. The van der Waals surface area contributed by atoms with E-state index in [0.29, 0.717) is 48.5 Å². The molecule has 0 amide bonds. The van der Waals surface area contributed by atoms with Crippen LogP contribution in [0.25, 0.3) is 10.6 Å². The number of ether oxygens (including phenoxy) is 4. The second kappa shape index (κ2) is 29.9. The van der Waals surface area contributed by atoms with Gasteiger partial charge in [0.2, 0.25) is 5.95 Å².